The van der Waals surface area contributed by atoms with Gasteiger partial charge in [0.2, 0.25) is 5.91 Å². The summed E-state index contributed by atoms with van der Waals surface area (Å²) in [5.41, 5.74) is 0. The average molecular weight is 267 g/mol. The van der Waals surface area contributed by atoms with Gasteiger partial charge in [0.15, 0.2) is 0 Å². The molecule has 2 aliphatic rings. The average Bonchev–Trinajstić information content (AvgIpc) is 2.48. The fourth-order valence-electron chi connectivity index (χ4n) is 3.34. The standard InChI is InChI=1S/C15H29N3O/c1-3-4-14-5-9-17(10-6-14)13(2)15(19)18-11-7-16-8-12-18/h13-14,16H,3-12H2,1-2H3. The van der Waals surface area contributed by atoms with E-state index >= 15 is 0 Å². The Bertz CT molecular complexity index is 281. The molecule has 1 atom stereocenters. The Morgan fingerprint density at radius 3 is 2.42 bits per heavy atom. The molecule has 0 bridgehead atoms. The second kappa shape index (κ2) is 7.25. The van der Waals surface area contributed by atoms with Crippen molar-refractivity contribution >= 4 is 5.91 Å². The van der Waals surface area contributed by atoms with Gasteiger partial charge in [0.05, 0.1) is 6.04 Å². The predicted octanol–water partition coefficient (Wildman–Crippen LogP) is 1.32. The van der Waals surface area contributed by atoms with Gasteiger partial charge in [0.25, 0.3) is 0 Å². The highest BCUT2D eigenvalue weighted by Crippen LogP contribution is 2.23. The Morgan fingerprint density at radius 2 is 1.84 bits per heavy atom. The monoisotopic (exact) mass is 267 g/mol. The number of nitrogens with one attached hydrogen (secondary N) is 1. The van der Waals surface area contributed by atoms with Crippen LogP contribution in [0.2, 0.25) is 0 Å². The number of hydrogen-bond acceptors (Lipinski definition) is 3. The molecule has 2 aliphatic heterocycles. The van der Waals surface area contributed by atoms with Crippen molar-refractivity contribution in [2.75, 3.05) is 39.3 Å². The second-order valence-corrected chi connectivity index (χ2v) is 6.02. The number of piperidine rings is 1. The zero-order chi connectivity index (χ0) is 13.7. The summed E-state index contributed by atoms with van der Waals surface area (Å²) in [6.07, 6.45) is 5.19. The first kappa shape index (κ1) is 14.8. The van der Waals surface area contributed by atoms with Crippen molar-refractivity contribution in [3.63, 3.8) is 0 Å². The third-order valence-corrected chi connectivity index (χ3v) is 4.68. The van der Waals surface area contributed by atoms with E-state index < -0.39 is 0 Å². The quantitative estimate of drug-likeness (QED) is 0.834. The zero-order valence-corrected chi connectivity index (χ0v) is 12.5. The van der Waals surface area contributed by atoms with E-state index in [0.29, 0.717) is 5.91 Å². The third kappa shape index (κ3) is 3.93. The van der Waals surface area contributed by atoms with Crippen molar-refractivity contribution in [2.45, 2.75) is 45.6 Å². The Balaban J connectivity index is 1.79. The highest BCUT2D eigenvalue weighted by Gasteiger charge is 2.29. The van der Waals surface area contributed by atoms with Gasteiger partial charge in [-0.15, -0.1) is 0 Å². The largest absolute Gasteiger partial charge is 0.339 e. The van der Waals surface area contributed by atoms with Gasteiger partial charge in [-0.25, -0.2) is 0 Å². The number of nitrogens with zero attached hydrogens (tertiary/aromatic N) is 2. The van der Waals surface area contributed by atoms with Crippen molar-refractivity contribution < 1.29 is 4.79 Å². The molecule has 4 nitrogen and oxygen atoms in total. The van der Waals surface area contributed by atoms with Gasteiger partial charge < -0.3 is 10.2 Å². The van der Waals surface area contributed by atoms with E-state index in [4.69, 9.17) is 0 Å². The van der Waals surface area contributed by atoms with E-state index in [1.165, 1.54) is 25.7 Å². The van der Waals surface area contributed by atoms with E-state index in [1.54, 1.807) is 0 Å². The Labute approximate surface area is 117 Å². The zero-order valence-electron chi connectivity index (χ0n) is 12.5. The molecular formula is C15H29N3O. The van der Waals surface area contributed by atoms with Crippen molar-refractivity contribution in [3.05, 3.63) is 0 Å². The number of rotatable bonds is 4. The van der Waals surface area contributed by atoms with Crippen molar-refractivity contribution in [2.24, 2.45) is 5.92 Å². The van der Waals surface area contributed by atoms with Crippen LogP contribution < -0.4 is 5.32 Å². The summed E-state index contributed by atoms with van der Waals surface area (Å²) in [5, 5.41) is 3.30. The highest BCUT2D eigenvalue weighted by atomic mass is 16.2. The van der Waals surface area contributed by atoms with Gasteiger partial charge in [0.1, 0.15) is 0 Å². The molecule has 0 saturated carbocycles. The van der Waals surface area contributed by atoms with Crippen LogP contribution in [0.25, 0.3) is 0 Å². The van der Waals surface area contributed by atoms with Crippen molar-refractivity contribution in [1.82, 2.24) is 15.1 Å². The van der Waals surface area contributed by atoms with Gasteiger partial charge in [-0.1, -0.05) is 19.8 Å². The maximum absolute atomic E-state index is 12.5. The van der Waals surface area contributed by atoms with Crippen molar-refractivity contribution in [3.8, 4) is 0 Å². The minimum Gasteiger partial charge on any atom is -0.339 e. The Morgan fingerprint density at radius 1 is 1.21 bits per heavy atom. The minimum absolute atomic E-state index is 0.0701. The highest BCUT2D eigenvalue weighted by molar-refractivity contribution is 5.81. The fraction of sp³-hybridized carbons (Fsp3) is 0.933. The first-order chi connectivity index (χ1) is 9.22. The molecule has 4 heteroatoms. The molecule has 110 valence electrons. The first-order valence-electron chi connectivity index (χ1n) is 7.96. The van der Waals surface area contributed by atoms with Crippen LogP contribution in [0.3, 0.4) is 0 Å². The van der Waals surface area contributed by atoms with E-state index in [9.17, 15) is 4.79 Å². The second-order valence-electron chi connectivity index (χ2n) is 6.02. The molecule has 1 amide bonds. The molecule has 2 fully saturated rings. The molecule has 1 unspecified atom stereocenters. The molecule has 2 saturated heterocycles. The lowest BCUT2D eigenvalue weighted by Gasteiger charge is -2.38. The Hall–Kier alpha value is -0.610. The topological polar surface area (TPSA) is 35.6 Å². The predicted molar refractivity (Wildman–Crippen MR) is 78.1 cm³/mol. The lowest BCUT2D eigenvalue weighted by molar-refractivity contribution is -0.137. The third-order valence-electron chi connectivity index (χ3n) is 4.68. The van der Waals surface area contributed by atoms with Gasteiger partial charge in [-0.3, -0.25) is 9.69 Å². The molecule has 2 rings (SSSR count). The Kier molecular flexibility index (Phi) is 5.64. The van der Waals surface area contributed by atoms with Crippen molar-refractivity contribution in [1.29, 1.82) is 0 Å². The van der Waals surface area contributed by atoms with Crippen LogP contribution in [-0.4, -0.2) is 61.0 Å². The summed E-state index contributed by atoms with van der Waals surface area (Å²) < 4.78 is 0. The van der Waals surface area contributed by atoms with Crippen LogP contribution in [0.15, 0.2) is 0 Å². The van der Waals surface area contributed by atoms with Gasteiger partial charge in [-0.05, 0) is 38.8 Å². The van der Waals surface area contributed by atoms with Crippen LogP contribution in [0.1, 0.15) is 39.5 Å². The van der Waals surface area contributed by atoms with Gasteiger partial charge in [-0.2, -0.15) is 0 Å². The van der Waals surface area contributed by atoms with E-state index in [2.05, 4.69) is 24.1 Å². The molecule has 19 heavy (non-hydrogen) atoms. The summed E-state index contributed by atoms with van der Waals surface area (Å²) >= 11 is 0. The number of likely N-dealkylation sites (tertiary alicyclic amines) is 1. The number of carbonyl (C=O) groups excluding carboxylic acids is 1. The van der Waals surface area contributed by atoms with E-state index in [-0.39, 0.29) is 6.04 Å². The number of hydrogen-bond donors (Lipinski definition) is 1. The SMILES string of the molecule is CCCC1CCN(C(C)C(=O)N2CCNCC2)CC1. The molecule has 0 radical (unpaired) electrons. The van der Waals surface area contributed by atoms with Crippen LogP contribution in [0.5, 0.6) is 0 Å². The lowest BCUT2D eigenvalue weighted by Crippen LogP contribution is -2.54. The normalized spacial score (nSPS) is 24.4. The summed E-state index contributed by atoms with van der Waals surface area (Å²) in [6, 6.07) is 0.0701. The minimum atomic E-state index is 0.0701. The molecule has 0 aromatic carbocycles. The maximum Gasteiger partial charge on any atom is 0.239 e. The molecule has 2 heterocycles. The summed E-state index contributed by atoms with van der Waals surface area (Å²) in [6.45, 7) is 10.2. The number of carbonyl (C=O) groups is 1. The summed E-state index contributed by atoms with van der Waals surface area (Å²) in [4.78, 5) is 16.9. The van der Waals surface area contributed by atoms with Gasteiger partial charge >= 0.3 is 0 Å². The molecule has 0 spiro atoms. The molecule has 0 aliphatic carbocycles. The van der Waals surface area contributed by atoms with Crippen LogP contribution in [0.4, 0.5) is 0 Å². The molecular weight excluding hydrogens is 238 g/mol. The molecule has 0 aromatic rings. The van der Waals surface area contributed by atoms with E-state index in [0.717, 1.165) is 45.2 Å². The van der Waals surface area contributed by atoms with Crippen LogP contribution >= 0.6 is 0 Å². The smallest absolute Gasteiger partial charge is 0.239 e. The number of piperazine rings is 1. The number of amides is 1. The molecule has 0 aromatic heterocycles. The molecule has 1 N–H and O–H groups in total. The summed E-state index contributed by atoms with van der Waals surface area (Å²) in [5.74, 6) is 1.22. The lowest BCUT2D eigenvalue weighted by atomic mass is 9.92. The van der Waals surface area contributed by atoms with Crippen LogP contribution in [-0.2, 0) is 4.79 Å². The summed E-state index contributed by atoms with van der Waals surface area (Å²) in [7, 11) is 0. The van der Waals surface area contributed by atoms with E-state index in [1.807, 2.05) is 4.90 Å². The maximum atomic E-state index is 12.5. The first-order valence-corrected chi connectivity index (χ1v) is 7.96. The van der Waals surface area contributed by atoms with Crippen LogP contribution in [0, 0.1) is 5.92 Å². The fourth-order valence-corrected chi connectivity index (χ4v) is 3.34. The van der Waals surface area contributed by atoms with Gasteiger partial charge in [0, 0.05) is 26.2 Å².